The van der Waals surface area contributed by atoms with Gasteiger partial charge in [0.25, 0.3) is 0 Å². The summed E-state index contributed by atoms with van der Waals surface area (Å²) >= 11 is 0.448. The molecule has 0 unspecified atom stereocenters. The molecule has 0 saturated heterocycles. The summed E-state index contributed by atoms with van der Waals surface area (Å²) in [7, 11) is -9.28. The van der Waals surface area contributed by atoms with Crippen LogP contribution in [0, 0.1) is 0 Å². The van der Waals surface area contributed by atoms with E-state index in [4.69, 9.17) is 38.5 Å². The van der Waals surface area contributed by atoms with Crippen LogP contribution in [0.5, 0.6) is 0 Å². The van der Waals surface area contributed by atoms with Gasteiger partial charge in [0.2, 0.25) is 0 Å². The molecule has 0 aliphatic carbocycles. The zero-order chi connectivity index (χ0) is 21.6. The average Bonchev–Trinajstić information content (AvgIpc) is 2.49. The Kier molecular flexibility index (Phi) is 28.0. The summed E-state index contributed by atoms with van der Waals surface area (Å²) in [5.74, 6) is 0. The van der Waals surface area contributed by atoms with Gasteiger partial charge in [-0.05, 0) is 0 Å². The van der Waals surface area contributed by atoms with Crippen molar-refractivity contribution in [3.63, 3.8) is 0 Å². The first-order valence-electron chi connectivity index (χ1n) is 9.69. The van der Waals surface area contributed by atoms with Crippen LogP contribution in [0.3, 0.4) is 0 Å². The molecule has 0 aromatic rings. The molecule has 6 N–H and O–H groups in total. The summed E-state index contributed by atoms with van der Waals surface area (Å²) in [5.41, 5.74) is 0. The van der Waals surface area contributed by atoms with Gasteiger partial charge in [-0.3, -0.25) is 0 Å². The molecule has 166 valence electrons. The van der Waals surface area contributed by atoms with Crippen molar-refractivity contribution in [2.75, 3.05) is 0 Å². The zero-order valence-electron chi connectivity index (χ0n) is 16.8. The zero-order valence-corrected chi connectivity index (χ0v) is 20.1. The Morgan fingerprint density at radius 1 is 0.519 bits per heavy atom. The van der Waals surface area contributed by atoms with E-state index in [-0.39, 0.29) is 0 Å². The summed E-state index contributed by atoms with van der Waals surface area (Å²) in [6, 6.07) is 0. The van der Waals surface area contributed by atoms with Crippen LogP contribution in [0.25, 0.3) is 0 Å². The van der Waals surface area contributed by atoms with Crippen LogP contribution in [-0.2, 0) is 28.3 Å². The quantitative estimate of drug-likeness (QED) is 0.120. The number of unbranched alkanes of at least 4 members (excludes halogenated alkanes) is 10. The summed E-state index contributed by atoms with van der Waals surface area (Å²) in [6.07, 6.45) is 17.7. The van der Waals surface area contributed by atoms with Crippen molar-refractivity contribution >= 4 is 15.6 Å². The number of rotatable bonds is 14. The maximum absolute atomic E-state index is 8.88. The van der Waals surface area contributed by atoms with Gasteiger partial charge in [0.15, 0.2) is 0 Å². The fourth-order valence-corrected chi connectivity index (χ4v) is 4.14. The molecule has 0 spiro atoms. The van der Waals surface area contributed by atoms with Crippen molar-refractivity contribution in [2.24, 2.45) is 0 Å². The van der Waals surface area contributed by atoms with E-state index >= 15 is 0 Å². The van der Waals surface area contributed by atoms with Gasteiger partial charge in [0.1, 0.15) is 0 Å². The molecule has 0 aliphatic rings. The molecule has 0 amide bonds. The van der Waals surface area contributed by atoms with Gasteiger partial charge in [-0.1, -0.05) is 0 Å². The molecule has 0 rings (SSSR count). The smallest absolute Gasteiger partial charge is 0.303 e. The van der Waals surface area contributed by atoms with Crippen molar-refractivity contribution in [3.8, 4) is 0 Å². The predicted octanol–water partition coefficient (Wildman–Crippen LogP) is 4.77. The molecular formula is C16H40O8P2Ti. The van der Waals surface area contributed by atoms with Crippen LogP contribution in [0.1, 0.15) is 90.9 Å². The minimum Gasteiger partial charge on any atom is -0.303 e. The molecule has 11 heteroatoms. The molecule has 27 heavy (non-hydrogen) atoms. The predicted molar refractivity (Wildman–Crippen MR) is 105 cm³/mol. The SMILES string of the molecule is CCCCCCC[CH2][Ti][CH2]CCCCCCC.O=P(O)(O)O.O=P(O)(O)O. The van der Waals surface area contributed by atoms with Crippen molar-refractivity contribution in [1.29, 1.82) is 0 Å². The van der Waals surface area contributed by atoms with Crippen LogP contribution in [0.15, 0.2) is 0 Å². The molecule has 0 atom stereocenters. The Bertz CT molecular complexity index is 323. The topological polar surface area (TPSA) is 156 Å². The molecule has 0 heterocycles. The second-order valence-electron chi connectivity index (χ2n) is 6.31. The van der Waals surface area contributed by atoms with Crippen molar-refractivity contribution < 1.29 is 57.6 Å². The monoisotopic (exact) mass is 470 g/mol. The van der Waals surface area contributed by atoms with Crippen molar-refractivity contribution in [3.05, 3.63) is 0 Å². The second kappa shape index (κ2) is 23.2. The van der Waals surface area contributed by atoms with Gasteiger partial charge in [0, 0.05) is 0 Å². The normalized spacial score (nSPS) is 11.1. The summed E-state index contributed by atoms with van der Waals surface area (Å²) in [5, 5.41) is 0. The van der Waals surface area contributed by atoms with Gasteiger partial charge in [-0.15, -0.1) is 0 Å². The molecule has 8 nitrogen and oxygen atoms in total. The Balaban J connectivity index is -0.000000471. The third kappa shape index (κ3) is 75.1. The molecule has 0 aromatic heterocycles. The molecule has 0 aromatic carbocycles. The second-order valence-corrected chi connectivity index (χ2v) is 10.7. The van der Waals surface area contributed by atoms with Crippen molar-refractivity contribution in [1.82, 2.24) is 0 Å². The number of phosphoric acid groups is 2. The Hall–Kier alpha value is 0.934. The van der Waals surface area contributed by atoms with E-state index in [1.165, 1.54) is 64.2 Å². The third-order valence-electron chi connectivity index (χ3n) is 3.41. The van der Waals surface area contributed by atoms with E-state index in [0.29, 0.717) is 19.2 Å². The summed E-state index contributed by atoms with van der Waals surface area (Å²) in [4.78, 5) is 43.1. The van der Waals surface area contributed by atoms with Crippen LogP contribution in [0.2, 0.25) is 9.45 Å². The van der Waals surface area contributed by atoms with E-state index < -0.39 is 15.6 Å². The summed E-state index contributed by atoms with van der Waals surface area (Å²) < 4.78 is 21.0. The Morgan fingerprint density at radius 3 is 1.00 bits per heavy atom. The first-order chi connectivity index (χ1) is 12.4. The fourth-order valence-electron chi connectivity index (χ4n) is 2.19. The largest absolute Gasteiger partial charge is 0.466 e. The van der Waals surface area contributed by atoms with E-state index in [1.807, 2.05) is 0 Å². The first kappa shape index (κ1) is 32.6. The van der Waals surface area contributed by atoms with Gasteiger partial charge in [-0.25, -0.2) is 9.13 Å². The van der Waals surface area contributed by atoms with Gasteiger partial charge in [-0.2, -0.15) is 0 Å². The van der Waals surface area contributed by atoms with E-state index in [1.54, 1.807) is 22.3 Å². The van der Waals surface area contributed by atoms with Crippen LogP contribution in [0.4, 0.5) is 0 Å². The maximum atomic E-state index is 8.88. The third-order valence-corrected chi connectivity index (χ3v) is 5.62. The van der Waals surface area contributed by atoms with Crippen LogP contribution in [-0.4, -0.2) is 29.4 Å². The molecule has 0 radical (unpaired) electrons. The standard InChI is InChI=1S/2C8H17.2H3O4P.Ti/c2*1-3-5-7-8-6-4-2;2*1-5(2,3)4;/h2*1,3-8H2,2H3;2*(H3,1,2,3,4);. The molecule has 0 fully saturated rings. The number of hydrogen-bond acceptors (Lipinski definition) is 2. The fraction of sp³-hybridized carbons (Fsp3) is 1.00. The minimum absolute atomic E-state index is 0.448. The summed E-state index contributed by atoms with van der Waals surface area (Å²) in [6.45, 7) is 4.60. The molecular weight excluding hydrogens is 430 g/mol. The molecule has 0 aliphatic heterocycles. The van der Waals surface area contributed by atoms with Gasteiger partial charge in [0.05, 0.1) is 0 Å². The maximum Gasteiger partial charge on any atom is 0.466 e. The van der Waals surface area contributed by atoms with Gasteiger partial charge >= 0.3 is 135 Å². The molecule has 0 bridgehead atoms. The Morgan fingerprint density at radius 2 is 0.741 bits per heavy atom. The Labute approximate surface area is 173 Å². The van der Waals surface area contributed by atoms with Gasteiger partial charge < -0.3 is 29.4 Å². The number of hydrogen-bond donors (Lipinski definition) is 6. The van der Waals surface area contributed by atoms with Crippen LogP contribution >= 0.6 is 15.6 Å². The minimum atomic E-state index is -4.64. The first-order valence-corrected chi connectivity index (χ1v) is 15.0. The van der Waals surface area contributed by atoms with Crippen molar-refractivity contribution in [2.45, 2.75) is 100 Å². The van der Waals surface area contributed by atoms with Crippen LogP contribution < -0.4 is 0 Å². The van der Waals surface area contributed by atoms with E-state index in [9.17, 15) is 0 Å². The van der Waals surface area contributed by atoms with E-state index in [2.05, 4.69) is 13.8 Å². The molecule has 0 saturated carbocycles. The average molecular weight is 470 g/mol. The van der Waals surface area contributed by atoms with E-state index in [0.717, 1.165) is 0 Å².